The van der Waals surface area contributed by atoms with E-state index in [2.05, 4.69) is 31.4 Å². The van der Waals surface area contributed by atoms with E-state index in [1.54, 1.807) is 0 Å². The fraction of sp³-hybridized carbons (Fsp3) is 0.167. The van der Waals surface area contributed by atoms with Crippen LogP contribution in [-0.4, -0.2) is 22.7 Å². The Morgan fingerprint density at radius 1 is 1.24 bits per heavy atom. The molecule has 2 aromatic carbocycles. The van der Waals surface area contributed by atoms with E-state index < -0.39 is 0 Å². The van der Waals surface area contributed by atoms with Gasteiger partial charge in [0.2, 0.25) is 11.7 Å². The van der Waals surface area contributed by atoms with Crippen molar-refractivity contribution < 1.29 is 14.1 Å². The van der Waals surface area contributed by atoms with Crippen LogP contribution in [0.15, 0.2) is 57.5 Å². The van der Waals surface area contributed by atoms with E-state index in [0.717, 1.165) is 15.6 Å². The molecule has 0 bridgehead atoms. The van der Waals surface area contributed by atoms with Gasteiger partial charge in [0.25, 0.3) is 5.91 Å². The van der Waals surface area contributed by atoms with Crippen LogP contribution in [0.3, 0.4) is 0 Å². The van der Waals surface area contributed by atoms with Crippen molar-refractivity contribution in [2.45, 2.75) is 13.5 Å². The molecular formula is C18H16BrN3O3. The molecule has 1 aromatic heterocycles. The monoisotopic (exact) mass is 401 g/mol. The lowest BCUT2D eigenvalue weighted by atomic mass is 10.2. The summed E-state index contributed by atoms with van der Waals surface area (Å²) in [6.45, 7) is 2.04. The Hall–Kier alpha value is -2.67. The molecule has 0 radical (unpaired) electrons. The van der Waals surface area contributed by atoms with Crippen LogP contribution in [-0.2, 0) is 11.3 Å². The molecule has 25 heavy (non-hydrogen) atoms. The molecule has 0 spiro atoms. The van der Waals surface area contributed by atoms with Gasteiger partial charge in [-0.3, -0.25) is 4.79 Å². The lowest BCUT2D eigenvalue weighted by molar-refractivity contribution is -0.123. The van der Waals surface area contributed by atoms with Crippen molar-refractivity contribution in [3.05, 3.63) is 64.5 Å². The van der Waals surface area contributed by atoms with Gasteiger partial charge >= 0.3 is 0 Å². The van der Waals surface area contributed by atoms with Crippen LogP contribution < -0.4 is 10.1 Å². The minimum atomic E-state index is -0.260. The number of aryl methyl sites for hydroxylation is 1. The predicted octanol–water partition coefficient (Wildman–Crippen LogP) is 3.50. The van der Waals surface area contributed by atoms with Crippen molar-refractivity contribution in [1.82, 2.24) is 15.5 Å². The Morgan fingerprint density at radius 2 is 2.08 bits per heavy atom. The predicted molar refractivity (Wildman–Crippen MR) is 96.0 cm³/mol. The van der Waals surface area contributed by atoms with Crippen LogP contribution in [0.25, 0.3) is 11.4 Å². The summed E-state index contributed by atoms with van der Waals surface area (Å²) in [4.78, 5) is 16.1. The van der Waals surface area contributed by atoms with Crippen molar-refractivity contribution in [1.29, 1.82) is 0 Å². The summed E-state index contributed by atoms with van der Waals surface area (Å²) in [7, 11) is 0. The minimum Gasteiger partial charge on any atom is -0.484 e. The van der Waals surface area contributed by atoms with Gasteiger partial charge < -0.3 is 14.6 Å². The van der Waals surface area contributed by atoms with E-state index in [9.17, 15) is 4.79 Å². The molecule has 128 valence electrons. The quantitative estimate of drug-likeness (QED) is 0.683. The zero-order chi connectivity index (χ0) is 17.6. The number of nitrogens with zero attached hydrogens (tertiary/aromatic N) is 2. The normalized spacial score (nSPS) is 10.5. The molecule has 0 aliphatic rings. The number of amides is 1. The molecule has 3 rings (SSSR count). The van der Waals surface area contributed by atoms with E-state index in [-0.39, 0.29) is 19.1 Å². The highest BCUT2D eigenvalue weighted by Crippen LogP contribution is 2.20. The second kappa shape index (κ2) is 7.94. The molecule has 0 atom stereocenters. The number of benzene rings is 2. The van der Waals surface area contributed by atoms with Crippen molar-refractivity contribution in [2.24, 2.45) is 0 Å². The number of carbonyl (C=O) groups excluding carboxylic acids is 1. The third kappa shape index (κ3) is 4.90. The van der Waals surface area contributed by atoms with Crippen molar-refractivity contribution >= 4 is 21.8 Å². The first-order chi connectivity index (χ1) is 12.1. The van der Waals surface area contributed by atoms with Crippen LogP contribution in [0.2, 0.25) is 0 Å². The second-order valence-electron chi connectivity index (χ2n) is 5.40. The lowest BCUT2D eigenvalue weighted by Gasteiger charge is -2.06. The Bertz CT molecular complexity index is 879. The Labute approximate surface area is 153 Å². The molecule has 0 saturated heterocycles. The fourth-order valence-electron chi connectivity index (χ4n) is 2.15. The topological polar surface area (TPSA) is 77.2 Å². The van der Waals surface area contributed by atoms with Crippen LogP contribution in [0.4, 0.5) is 0 Å². The van der Waals surface area contributed by atoms with Gasteiger partial charge in [-0.1, -0.05) is 45.4 Å². The largest absolute Gasteiger partial charge is 0.484 e. The number of rotatable bonds is 6. The van der Waals surface area contributed by atoms with E-state index >= 15 is 0 Å². The van der Waals surface area contributed by atoms with Crippen LogP contribution in [0.5, 0.6) is 5.75 Å². The zero-order valence-corrected chi connectivity index (χ0v) is 15.1. The summed E-state index contributed by atoms with van der Waals surface area (Å²) < 4.78 is 11.5. The third-order valence-electron chi connectivity index (χ3n) is 3.35. The van der Waals surface area contributed by atoms with Gasteiger partial charge in [0.15, 0.2) is 6.61 Å². The van der Waals surface area contributed by atoms with Crippen LogP contribution >= 0.6 is 15.9 Å². The SMILES string of the molecule is Cc1cccc(OCC(=O)NCc2nc(-c3cccc(Br)c3)no2)c1. The number of halogens is 1. The molecule has 1 N–H and O–H groups in total. The van der Waals surface area contributed by atoms with Gasteiger partial charge in [-0.15, -0.1) is 0 Å². The van der Waals surface area contributed by atoms with Crippen molar-refractivity contribution in [2.75, 3.05) is 6.61 Å². The van der Waals surface area contributed by atoms with E-state index in [4.69, 9.17) is 9.26 Å². The summed E-state index contributed by atoms with van der Waals surface area (Å²) >= 11 is 3.40. The highest BCUT2D eigenvalue weighted by molar-refractivity contribution is 9.10. The molecule has 3 aromatic rings. The number of carbonyl (C=O) groups is 1. The first-order valence-corrected chi connectivity index (χ1v) is 8.44. The molecule has 0 aliphatic heterocycles. The average molecular weight is 402 g/mol. The van der Waals surface area contributed by atoms with Gasteiger partial charge in [0.05, 0.1) is 6.54 Å². The van der Waals surface area contributed by atoms with Crippen molar-refractivity contribution in [3.63, 3.8) is 0 Å². The molecule has 1 amide bonds. The third-order valence-corrected chi connectivity index (χ3v) is 3.84. The van der Waals surface area contributed by atoms with Crippen LogP contribution in [0, 0.1) is 6.92 Å². The van der Waals surface area contributed by atoms with Gasteiger partial charge in [0.1, 0.15) is 5.75 Å². The Kier molecular flexibility index (Phi) is 5.45. The number of aromatic nitrogens is 2. The molecule has 0 unspecified atom stereocenters. The summed E-state index contributed by atoms with van der Waals surface area (Å²) in [5, 5.41) is 6.61. The summed E-state index contributed by atoms with van der Waals surface area (Å²) in [6, 6.07) is 15.1. The van der Waals surface area contributed by atoms with Gasteiger partial charge in [-0.25, -0.2) is 0 Å². The number of ether oxygens (including phenoxy) is 1. The molecule has 0 fully saturated rings. The fourth-order valence-corrected chi connectivity index (χ4v) is 2.55. The molecule has 0 saturated carbocycles. The number of hydrogen-bond donors (Lipinski definition) is 1. The van der Waals surface area contributed by atoms with E-state index in [1.165, 1.54) is 0 Å². The highest BCUT2D eigenvalue weighted by atomic mass is 79.9. The second-order valence-corrected chi connectivity index (χ2v) is 6.32. The Morgan fingerprint density at radius 3 is 2.88 bits per heavy atom. The highest BCUT2D eigenvalue weighted by Gasteiger charge is 2.10. The first kappa shape index (κ1) is 17.2. The minimum absolute atomic E-state index is 0.0733. The standard InChI is InChI=1S/C18H16BrN3O3/c1-12-4-2-7-15(8-12)24-11-16(23)20-10-17-21-18(22-25-17)13-5-3-6-14(19)9-13/h2-9H,10-11H2,1H3,(H,20,23). The first-order valence-electron chi connectivity index (χ1n) is 7.65. The molecule has 6 nitrogen and oxygen atoms in total. The maximum atomic E-state index is 11.9. The maximum absolute atomic E-state index is 11.9. The van der Waals surface area contributed by atoms with E-state index in [1.807, 2.05) is 55.5 Å². The van der Waals surface area contributed by atoms with Crippen LogP contribution in [0.1, 0.15) is 11.5 Å². The van der Waals surface area contributed by atoms with Gasteiger partial charge in [-0.2, -0.15) is 4.98 Å². The summed E-state index contributed by atoms with van der Waals surface area (Å²) in [5.41, 5.74) is 1.90. The van der Waals surface area contributed by atoms with E-state index in [0.29, 0.717) is 17.5 Å². The molecule has 1 heterocycles. The summed E-state index contributed by atoms with van der Waals surface area (Å²) in [5.74, 6) is 1.20. The maximum Gasteiger partial charge on any atom is 0.258 e. The molecule has 0 aliphatic carbocycles. The molecule has 7 heteroatoms. The number of hydrogen-bond acceptors (Lipinski definition) is 5. The van der Waals surface area contributed by atoms with Gasteiger partial charge in [-0.05, 0) is 36.8 Å². The smallest absolute Gasteiger partial charge is 0.258 e. The summed E-state index contributed by atoms with van der Waals surface area (Å²) in [6.07, 6.45) is 0. The number of nitrogens with one attached hydrogen (secondary N) is 1. The zero-order valence-electron chi connectivity index (χ0n) is 13.5. The lowest BCUT2D eigenvalue weighted by Crippen LogP contribution is -2.28. The van der Waals surface area contributed by atoms with Gasteiger partial charge in [0, 0.05) is 10.0 Å². The van der Waals surface area contributed by atoms with Crippen molar-refractivity contribution in [3.8, 4) is 17.1 Å². The molecular weight excluding hydrogens is 386 g/mol. The Balaban J connectivity index is 1.51. The average Bonchev–Trinajstić information content (AvgIpc) is 3.07.